The van der Waals surface area contributed by atoms with Crippen molar-refractivity contribution < 1.29 is 22.7 Å². The number of benzene rings is 2. The van der Waals surface area contributed by atoms with Crippen LogP contribution in [0.15, 0.2) is 47.4 Å². The van der Waals surface area contributed by atoms with Crippen molar-refractivity contribution in [3.05, 3.63) is 48.0 Å². The van der Waals surface area contributed by atoms with Gasteiger partial charge in [-0.2, -0.15) is 0 Å². The Morgan fingerprint density at radius 3 is 2.39 bits per heavy atom. The van der Waals surface area contributed by atoms with Crippen molar-refractivity contribution in [2.75, 3.05) is 18.9 Å². The second-order valence-electron chi connectivity index (χ2n) is 4.76. The van der Waals surface area contributed by atoms with Gasteiger partial charge in [-0.15, -0.1) is 0 Å². The number of ether oxygens (including phenoxy) is 2. The molecule has 0 unspecified atom stereocenters. The van der Waals surface area contributed by atoms with Crippen molar-refractivity contribution in [2.24, 2.45) is 0 Å². The summed E-state index contributed by atoms with van der Waals surface area (Å²) in [4.78, 5) is 11.4. The van der Waals surface area contributed by atoms with Crippen LogP contribution in [0.3, 0.4) is 0 Å². The molecule has 6 nitrogen and oxygen atoms in total. The van der Waals surface area contributed by atoms with Crippen LogP contribution in [-0.2, 0) is 10.0 Å². The number of hydrogen-bond donors (Lipinski definition) is 1. The maximum Gasteiger partial charge on any atom is 0.262 e. The summed E-state index contributed by atoms with van der Waals surface area (Å²) in [6, 6.07) is 10.6. The van der Waals surface area contributed by atoms with E-state index in [0.29, 0.717) is 17.1 Å². The van der Waals surface area contributed by atoms with E-state index in [9.17, 15) is 13.2 Å². The molecule has 0 radical (unpaired) electrons. The molecule has 2 rings (SSSR count). The molecule has 0 atom stereocenters. The summed E-state index contributed by atoms with van der Waals surface area (Å²) in [5.41, 5.74) is 0.607. The molecule has 0 bridgehead atoms. The Hall–Kier alpha value is -2.54. The van der Waals surface area contributed by atoms with E-state index in [0.717, 1.165) is 0 Å². The molecule has 0 saturated heterocycles. The zero-order chi connectivity index (χ0) is 17.0. The molecule has 0 heterocycles. The third-order valence-electron chi connectivity index (χ3n) is 3.20. The average Bonchev–Trinajstić information content (AvgIpc) is 2.55. The summed E-state index contributed by atoms with van der Waals surface area (Å²) < 4.78 is 37.7. The van der Waals surface area contributed by atoms with Gasteiger partial charge in [0.25, 0.3) is 10.0 Å². The van der Waals surface area contributed by atoms with E-state index in [1.165, 1.54) is 39.3 Å². The van der Waals surface area contributed by atoms with Crippen molar-refractivity contribution >= 4 is 21.5 Å². The van der Waals surface area contributed by atoms with E-state index in [4.69, 9.17) is 9.47 Å². The standard InChI is InChI=1S/C16H17NO5S/c1-11(18)12-5-4-6-14(9-12)23(19,20)17-15-8-7-13(21-2)10-16(15)22-3/h4-10,17H,1-3H3. The predicted octanol–water partition coefficient (Wildman–Crippen LogP) is 2.71. The lowest BCUT2D eigenvalue weighted by molar-refractivity contribution is 0.101. The van der Waals surface area contributed by atoms with Gasteiger partial charge in [0.1, 0.15) is 11.5 Å². The summed E-state index contributed by atoms with van der Waals surface area (Å²) in [5.74, 6) is 0.670. The highest BCUT2D eigenvalue weighted by molar-refractivity contribution is 7.92. The Morgan fingerprint density at radius 2 is 1.78 bits per heavy atom. The first-order valence-corrected chi connectivity index (χ1v) is 8.21. The number of nitrogens with one attached hydrogen (secondary N) is 1. The molecule has 122 valence electrons. The van der Waals surface area contributed by atoms with Crippen molar-refractivity contribution in [3.8, 4) is 11.5 Å². The molecule has 0 aliphatic rings. The van der Waals surface area contributed by atoms with Gasteiger partial charge in [-0.05, 0) is 31.2 Å². The maximum absolute atomic E-state index is 12.5. The molecule has 0 amide bonds. The number of anilines is 1. The van der Waals surface area contributed by atoms with Crippen LogP contribution in [0.1, 0.15) is 17.3 Å². The van der Waals surface area contributed by atoms with Crippen LogP contribution in [0.2, 0.25) is 0 Å². The van der Waals surface area contributed by atoms with Crippen LogP contribution < -0.4 is 14.2 Å². The average molecular weight is 335 g/mol. The molecular formula is C16H17NO5S. The van der Waals surface area contributed by atoms with Gasteiger partial charge in [0, 0.05) is 11.6 Å². The van der Waals surface area contributed by atoms with E-state index in [2.05, 4.69) is 4.72 Å². The van der Waals surface area contributed by atoms with Gasteiger partial charge in [-0.3, -0.25) is 9.52 Å². The van der Waals surface area contributed by atoms with Crippen LogP contribution in [-0.4, -0.2) is 28.4 Å². The van der Waals surface area contributed by atoms with E-state index >= 15 is 0 Å². The molecule has 7 heteroatoms. The Kier molecular flexibility index (Phi) is 4.90. The van der Waals surface area contributed by atoms with E-state index in [-0.39, 0.29) is 16.4 Å². The minimum absolute atomic E-state index is 0.00284. The van der Waals surface area contributed by atoms with Crippen molar-refractivity contribution in [1.29, 1.82) is 0 Å². The van der Waals surface area contributed by atoms with Crippen LogP contribution in [0.5, 0.6) is 11.5 Å². The molecule has 0 aliphatic heterocycles. The van der Waals surface area contributed by atoms with Gasteiger partial charge in [0.15, 0.2) is 5.78 Å². The lowest BCUT2D eigenvalue weighted by Crippen LogP contribution is -2.14. The smallest absolute Gasteiger partial charge is 0.262 e. The third kappa shape index (κ3) is 3.81. The number of carbonyl (C=O) groups is 1. The number of carbonyl (C=O) groups excluding carboxylic acids is 1. The molecule has 2 aromatic carbocycles. The molecule has 0 aliphatic carbocycles. The summed E-state index contributed by atoms with van der Waals surface area (Å²) in [6.45, 7) is 1.38. The summed E-state index contributed by atoms with van der Waals surface area (Å²) in [5, 5.41) is 0. The van der Waals surface area contributed by atoms with E-state index in [1.807, 2.05) is 0 Å². The number of ketones is 1. The highest BCUT2D eigenvalue weighted by atomic mass is 32.2. The second-order valence-corrected chi connectivity index (χ2v) is 6.44. The van der Waals surface area contributed by atoms with Gasteiger partial charge >= 0.3 is 0 Å². The van der Waals surface area contributed by atoms with Gasteiger partial charge in [-0.1, -0.05) is 12.1 Å². The zero-order valence-corrected chi connectivity index (χ0v) is 13.8. The number of sulfonamides is 1. The Labute approximate surface area is 135 Å². The van der Waals surface area contributed by atoms with Crippen molar-refractivity contribution in [2.45, 2.75) is 11.8 Å². The molecule has 2 aromatic rings. The van der Waals surface area contributed by atoms with Gasteiger partial charge in [0.2, 0.25) is 0 Å². The normalized spacial score (nSPS) is 10.9. The Balaban J connectivity index is 2.38. The first-order valence-electron chi connectivity index (χ1n) is 6.73. The topological polar surface area (TPSA) is 81.7 Å². The fraction of sp³-hybridized carbons (Fsp3) is 0.188. The highest BCUT2D eigenvalue weighted by Crippen LogP contribution is 2.30. The van der Waals surface area contributed by atoms with E-state index in [1.54, 1.807) is 24.3 Å². The third-order valence-corrected chi connectivity index (χ3v) is 4.57. The zero-order valence-electron chi connectivity index (χ0n) is 13.0. The first kappa shape index (κ1) is 16.8. The lowest BCUT2D eigenvalue weighted by atomic mass is 10.2. The predicted molar refractivity (Wildman–Crippen MR) is 86.8 cm³/mol. The van der Waals surface area contributed by atoms with Crippen molar-refractivity contribution in [3.63, 3.8) is 0 Å². The highest BCUT2D eigenvalue weighted by Gasteiger charge is 2.18. The number of methoxy groups -OCH3 is 2. The van der Waals surface area contributed by atoms with Gasteiger partial charge in [0.05, 0.1) is 24.8 Å². The minimum Gasteiger partial charge on any atom is -0.497 e. The molecule has 0 saturated carbocycles. The molecule has 0 fully saturated rings. The van der Waals surface area contributed by atoms with Crippen LogP contribution in [0.4, 0.5) is 5.69 Å². The fourth-order valence-corrected chi connectivity index (χ4v) is 3.08. The van der Waals surface area contributed by atoms with E-state index < -0.39 is 10.0 Å². The van der Waals surface area contributed by atoms with Gasteiger partial charge in [-0.25, -0.2) is 8.42 Å². The summed E-state index contributed by atoms with van der Waals surface area (Å²) in [6.07, 6.45) is 0. The quantitative estimate of drug-likeness (QED) is 0.821. The first-order chi connectivity index (χ1) is 10.9. The molecular weight excluding hydrogens is 318 g/mol. The van der Waals surface area contributed by atoms with Gasteiger partial charge < -0.3 is 9.47 Å². The molecule has 0 aromatic heterocycles. The van der Waals surface area contributed by atoms with Crippen molar-refractivity contribution in [1.82, 2.24) is 0 Å². The number of hydrogen-bond acceptors (Lipinski definition) is 5. The number of Topliss-reactive ketones (excluding diaryl/α,β-unsaturated/α-hetero) is 1. The largest absolute Gasteiger partial charge is 0.497 e. The van der Waals surface area contributed by atoms with Crippen LogP contribution in [0.25, 0.3) is 0 Å². The minimum atomic E-state index is -3.84. The monoisotopic (exact) mass is 335 g/mol. The second kappa shape index (κ2) is 6.70. The number of rotatable bonds is 6. The molecule has 1 N–H and O–H groups in total. The Morgan fingerprint density at radius 1 is 1.04 bits per heavy atom. The Bertz CT molecular complexity index is 830. The maximum atomic E-state index is 12.5. The fourth-order valence-electron chi connectivity index (χ4n) is 1.97. The summed E-state index contributed by atoms with van der Waals surface area (Å²) >= 11 is 0. The van der Waals surface area contributed by atoms with Crippen LogP contribution in [0, 0.1) is 0 Å². The van der Waals surface area contributed by atoms with Crippen LogP contribution >= 0.6 is 0 Å². The SMILES string of the molecule is COc1ccc(NS(=O)(=O)c2cccc(C(C)=O)c2)c(OC)c1. The molecule has 23 heavy (non-hydrogen) atoms. The lowest BCUT2D eigenvalue weighted by Gasteiger charge is -2.13. The molecule has 0 spiro atoms. The summed E-state index contributed by atoms with van der Waals surface area (Å²) in [7, 11) is -0.905.